The van der Waals surface area contributed by atoms with Crippen molar-refractivity contribution in [2.45, 2.75) is 31.6 Å². The van der Waals surface area contributed by atoms with Crippen molar-refractivity contribution in [3.05, 3.63) is 36.0 Å². The molecule has 0 bridgehead atoms. The highest BCUT2D eigenvalue weighted by atomic mass is 35.5. The molecule has 0 spiro atoms. The monoisotopic (exact) mass is 221 g/mol. The van der Waals surface area contributed by atoms with Crippen LogP contribution in [0.25, 0.3) is 10.9 Å². The number of fused-ring (bicyclic) bond motifs is 1. The van der Waals surface area contributed by atoms with Crippen molar-refractivity contribution < 1.29 is 0 Å². The number of aromatic nitrogens is 1. The van der Waals surface area contributed by atoms with Crippen LogP contribution in [0.5, 0.6) is 0 Å². The number of H-pyrrole nitrogens is 1. The van der Waals surface area contributed by atoms with E-state index in [0.29, 0.717) is 0 Å². The minimum absolute atomic E-state index is 0.113. The van der Waals surface area contributed by atoms with E-state index in [2.05, 4.69) is 43.2 Å². The second-order valence-electron chi connectivity index (χ2n) is 4.58. The van der Waals surface area contributed by atoms with Crippen molar-refractivity contribution in [1.29, 1.82) is 0 Å². The Kier molecular flexibility index (Phi) is 2.74. The van der Waals surface area contributed by atoms with Crippen molar-refractivity contribution in [2.75, 3.05) is 0 Å². The Morgan fingerprint density at radius 3 is 2.73 bits per heavy atom. The molecular weight excluding hydrogens is 206 g/mol. The molecule has 0 unspecified atom stereocenters. The van der Waals surface area contributed by atoms with Gasteiger partial charge in [0.1, 0.15) is 0 Å². The Bertz CT molecular complexity index is 451. The number of benzene rings is 1. The summed E-state index contributed by atoms with van der Waals surface area (Å²) in [7, 11) is 0. The lowest BCUT2D eigenvalue weighted by Gasteiger charge is -2.14. The Balaban J connectivity index is 2.22. The van der Waals surface area contributed by atoms with Gasteiger partial charge in [0.2, 0.25) is 0 Å². The predicted molar refractivity (Wildman–Crippen MR) is 66.6 cm³/mol. The Morgan fingerprint density at radius 1 is 1.27 bits per heavy atom. The van der Waals surface area contributed by atoms with Crippen molar-refractivity contribution in [2.24, 2.45) is 0 Å². The fourth-order valence-corrected chi connectivity index (χ4v) is 1.86. The van der Waals surface area contributed by atoms with Gasteiger partial charge in [0.25, 0.3) is 0 Å². The van der Waals surface area contributed by atoms with Gasteiger partial charge in [-0.1, -0.05) is 18.2 Å². The average molecular weight is 222 g/mol. The van der Waals surface area contributed by atoms with Crippen LogP contribution >= 0.6 is 11.6 Å². The van der Waals surface area contributed by atoms with Crippen molar-refractivity contribution >= 4 is 22.5 Å². The standard InChI is InChI=1S/C13H16ClN/c1-13(2,14)8-7-10-9-15-12-6-4-3-5-11(10)12/h3-6,9,15H,7-8H2,1-2H3. The lowest BCUT2D eigenvalue weighted by atomic mass is 10.0. The molecule has 0 saturated carbocycles. The van der Waals surface area contributed by atoms with Crippen molar-refractivity contribution in [3.63, 3.8) is 0 Å². The molecule has 0 fully saturated rings. The van der Waals surface area contributed by atoms with Gasteiger partial charge in [0.15, 0.2) is 0 Å². The van der Waals surface area contributed by atoms with E-state index >= 15 is 0 Å². The molecule has 80 valence electrons. The van der Waals surface area contributed by atoms with Gasteiger partial charge >= 0.3 is 0 Å². The normalized spacial score (nSPS) is 12.2. The number of rotatable bonds is 3. The molecule has 2 rings (SSSR count). The summed E-state index contributed by atoms with van der Waals surface area (Å²) in [6.07, 6.45) is 4.12. The summed E-state index contributed by atoms with van der Waals surface area (Å²) < 4.78 is 0. The fourth-order valence-electron chi connectivity index (χ4n) is 1.77. The van der Waals surface area contributed by atoms with Crippen LogP contribution in [0.3, 0.4) is 0 Å². The first kappa shape index (κ1) is 10.6. The highest BCUT2D eigenvalue weighted by Crippen LogP contribution is 2.24. The highest BCUT2D eigenvalue weighted by Gasteiger charge is 2.14. The SMILES string of the molecule is CC(C)(Cl)CCc1c[nH]c2ccccc12. The van der Waals surface area contributed by atoms with Crippen LogP contribution in [0.1, 0.15) is 25.8 Å². The van der Waals surface area contributed by atoms with Crippen LogP contribution in [0, 0.1) is 0 Å². The maximum Gasteiger partial charge on any atom is 0.0456 e. The topological polar surface area (TPSA) is 15.8 Å². The molecule has 0 radical (unpaired) electrons. The summed E-state index contributed by atoms with van der Waals surface area (Å²) in [6.45, 7) is 4.12. The Labute approximate surface area is 95.5 Å². The zero-order chi connectivity index (χ0) is 10.9. The number of para-hydroxylation sites is 1. The highest BCUT2D eigenvalue weighted by molar-refractivity contribution is 6.23. The van der Waals surface area contributed by atoms with E-state index in [1.54, 1.807) is 0 Å². The zero-order valence-electron chi connectivity index (χ0n) is 9.18. The molecule has 1 N–H and O–H groups in total. The Morgan fingerprint density at radius 2 is 2.00 bits per heavy atom. The third kappa shape index (κ3) is 2.54. The number of hydrogen-bond acceptors (Lipinski definition) is 0. The van der Waals surface area contributed by atoms with E-state index < -0.39 is 0 Å². The van der Waals surface area contributed by atoms with Gasteiger partial charge in [-0.25, -0.2) is 0 Å². The van der Waals surface area contributed by atoms with E-state index in [4.69, 9.17) is 11.6 Å². The first-order chi connectivity index (χ1) is 7.06. The van der Waals surface area contributed by atoms with E-state index in [0.717, 1.165) is 12.8 Å². The van der Waals surface area contributed by atoms with Gasteiger partial charge in [-0.3, -0.25) is 0 Å². The van der Waals surface area contributed by atoms with Crippen LogP contribution in [0.15, 0.2) is 30.5 Å². The van der Waals surface area contributed by atoms with Gasteiger partial charge < -0.3 is 4.98 Å². The molecule has 0 aliphatic carbocycles. The van der Waals surface area contributed by atoms with Crippen LogP contribution in [-0.2, 0) is 6.42 Å². The predicted octanol–water partition coefficient (Wildman–Crippen LogP) is 4.12. The quantitative estimate of drug-likeness (QED) is 0.751. The number of halogens is 1. The van der Waals surface area contributed by atoms with Crippen LogP contribution in [0.4, 0.5) is 0 Å². The second kappa shape index (κ2) is 3.90. The molecule has 0 atom stereocenters. The lowest BCUT2D eigenvalue weighted by Crippen LogP contribution is -2.10. The van der Waals surface area contributed by atoms with E-state index in [9.17, 15) is 0 Å². The fraction of sp³-hybridized carbons (Fsp3) is 0.385. The summed E-state index contributed by atoms with van der Waals surface area (Å²) in [4.78, 5) is 3.17. The second-order valence-corrected chi connectivity index (χ2v) is 5.60. The molecule has 0 aliphatic rings. The molecule has 2 heteroatoms. The van der Waals surface area contributed by atoms with Crippen molar-refractivity contribution in [3.8, 4) is 0 Å². The first-order valence-electron chi connectivity index (χ1n) is 5.30. The van der Waals surface area contributed by atoms with Gasteiger partial charge in [-0.15, -0.1) is 11.6 Å². The minimum atomic E-state index is -0.113. The summed E-state index contributed by atoms with van der Waals surface area (Å²) in [5, 5.41) is 1.32. The van der Waals surface area contributed by atoms with Gasteiger partial charge in [0, 0.05) is 22.0 Å². The number of aryl methyl sites for hydroxylation is 1. The summed E-state index contributed by atoms with van der Waals surface area (Å²) in [6, 6.07) is 8.38. The summed E-state index contributed by atoms with van der Waals surface area (Å²) >= 11 is 6.19. The molecule has 1 aromatic heterocycles. The maximum absolute atomic E-state index is 6.19. The van der Waals surface area contributed by atoms with E-state index in [-0.39, 0.29) is 4.87 Å². The van der Waals surface area contributed by atoms with Gasteiger partial charge in [-0.2, -0.15) is 0 Å². The molecule has 1 aromatic carbocycles. The summed E-state index contributed by atoms with van der Waals surface area (Å²) in [5.74, 6) is 0. The van der Waals surface area contributed by atoms with Gasteiger partial charge in [-0.05, 0) is 38.3 Å². The number of nitrogens with one attached hydrogen (secondary N) is 1. The zero-order valence-corrected chi connectivity index (χ0v) is 9.93. The molecular formula is C13H16ClN. The summed E-state index contributed by atoms with van der Waals surface area (Å²) in [5.41, 5.74) is 2.57. The van der Waals surface area contributed by atoms with Gasteiger partial charge in [0.05, 0.1) is 0 Å². The Hall–Kier alpha value is -0.950. The number of hydrogen-bond donors (Lipinski definition) is 1. The van der Waals surface area contributed by atoms with E-state index in [1.807, 2.05) is 6.07 Å². The first-order valence-corrected chi connectivity index (χ1v) is 5.68. The number of aromatic amines is 1. The molecule has 15 heavy (non-hydrogen) atoms. The van der Waals surface area contributed by atoms with Crippen LogP contribution < -0.4 is 0 Å². The molecule has 0 saturated heterocycles. The van der Waals surface area contributed by atoms with E-state index in [1.165, 1.54) is 16.5 Å². The minimum Gasteiger partial charge on any atom is -0.361 e. The molecule has 1 heterocycles. The third-order valence-corrected chi connectivity index (χ3v) is 2.85. The molecule has 2 aromatic rings. The molecule has 1 nitrogen and oxygen atoms in total. The largest absolute Gasteiger partial charge is 0.361 e. The smallest absolute Gasteiger partial charge is 0.0456 e. The molecule has 0 amide bonds. The lowest BCUT2D eigenvalue weighted by molar-refractivity contribution is 0.629. The number of alkyl halides is 1. The maximum atomic E-state index is 6.19. The average Bonchev–Trinajstić information content (AvgIpc) is 2.57. The third-order valence-electron chi connectivity index (χ3n) is 2.66. The van der Waals surface area contributed by atoms with Crippen LogP contribution in [0.2, 0.25) is 0 Å². The van der Waals surface area contributed by atoms with Crippen LogP contribution in [-0.4, -0.2) is 9.86 Å². The van der Waals surface area contributed by atoms with Crippen molar-refractivity contribution in [1.82, 2.24) is 4.98 Å². The molecule has 0 aliphatic heterocycles.